The van der Waals surface area contributed by atoms with E-state index in [1.165, 1.54) is 12.1 Å². The highest BCUT2D eigenvalue weighted by Crippen LogP contribution is 2.24. The van der Waals surface area contributed by atoms with Gasteiger partial charge in [-0.3, -0.25) is 0 Å². The van der Waals surface area contributed by atoms with Crippen molar-refractivity contribution >= 4 is 11.4 Å². The van der Waals surface area contributed by atoms with E-state index in [-0.39, 0.29) is 5.69 Å². The van der Waals surface area contributed by atoms with Gasteiger partial charge in [0.15, 0.2) is 0 Å². The van der Waals surface area contributed by atoms with E-state index in [9.17, 15) is 8.78 Å². The van der Waals surface area contributed by atoms with Crippen LogP contribution in [-0.2, 0) is 0 Å². The predicted octanol–water partition coefficient (Wildman–Crippen LogP) is 5.38. The molecule has 21 heavy (non-hydrogen) atoms. The van der Waals surface area contributed by atoms with Gasteiger partial charge in [-0.25, -0.2) is 8.78 Å². The minimum Gasteiger partial charge on any atom is -0.353 e. The summed E-state index contributed by atoms with van der Waals surface area (Å²) in [5, 5.41) is 2.94. The van der Waals surface area contributed by atoms with Gasteiger partial charge in [-0.1, -0.05) is 42.5 Å². The molecule has 0 saturated heterocycles. The summed E-state index contributed by atoms with van der Waals surface area (Å²) >= 11 is 0. The average Bonchev–Trinajstić information content (AvgIpc) is 2.52. The van der Waals surface area contributed by atoms with Crippen LogP contribution in [0.3, 0.4) is 0 Å². The molecule has 0 bridgehead atoms. The summed E-state index contributed by atoms with van der Waals surface area (Å²) in [6.45, 7) is 0. The average molecular weight is 281 g/mol. The Labute approximate surface area is 121 Å². The summed E-state index contributed by atoms with van der Waals surface area (Å²) in [7, 11) is 0. The second-order valence-electron chi connectivity index (χ2n) is 4.69. The third-order valence-electron chi connectivity index (χ3n) is 3.20. The first-order valence-electron chi connectivity index (χ1n) is 6.60. The van der Waals surface area contributed by atoms with Crippen LogP contribution in [-0.4, -0.2) is 0 Å². The maximum Gasteiger partial charge on any atom is 0.149 e. The molecule has 0 radical (unpaired) electrons. The van der Waals surface area contributed by atoms with Crippen molar-refractivity contribution in [3.8, 4) is 11.1 Å². The molecule has 104 valence electrons. The SMILES string of the molecule is Fc1ccc(Nc2ccc(-c3ccccc3)cc2)c(F)c1. The van der Waals surface area contributed by atoms with Crippen LogP contribution in [0.1, 0.15) is 0 Å². The number of hydrogen-bond donors (Lipinski definition) is 1. The van der Waals surface area contributed by atoms with Crippen LogP contribution in [0.4, 0.5) is 20.2 Å². The largest absolute Gasteiger partial charge is 0.353 e. The highest BCUT2D eigenvalue weighted by atomic mass is 19.1. The van der Waals surface area contributed by atoms with E-state index in [0.717, 1.165) is 22.9 Å². The Morgan fingerprint density at radius 3 is 2.00 bits per heavy atom. The first-order valence-corrected chi connectivity index (χ1v) is 6.60. The summed E-state index contributed by atoms with van der Waals surface area (Å²) in [5.41, 5.74) is 3.21. The molecule has 0 aliphatic rings. The zero-order chi connectivity index (χ0) is 14.7. The van der Waals surface area contributed by atoms with Gasteiger partial charge in [0.05, 0.1) is 5.69 Å². The lowest BCUT2D eigenvalue weighted by Crippen LogP contribution is -1.94. The normalized spacial score (nSPS) is 10.4. The lowest BCUT2D eigenvalue weighted by atomic mass is 10.1. The Morgan fingerprint density at radius 2 is 1.33 bits per heavy atom. The van der Waals surface area contributed by atoms with E-state index in [1.54, 1.807) is 0 Å². The Balaban J connectivity index is 1.81. The van der Waals surface area contributed by atoms with Crippen molar-refractivity contribution in [2.45, 2.75) is 0 Å². The van der Waals surface area contributed by atoms with Gasteiger partial charge in [0.2, 0.25) is 0 Å². The van der Waals surface area contributed by atoms with Crippen LogP contribution in [0.2, 0.25) is 0 Å². The number of rotatable bonds is 3. The molecule has 0 heterocycles. The summed E-state index contributed by atoms with van der Waals surface area (Å²) in [6, 6.07) is 21.1. The summed E-state index contributed by atoms with van der Waals surface area (Å²) < 4.78 is 26.4. The van der Waals surface area contributed by atoms with Gasteiger partial charge in [-0.2, -0.15) is 0 Å². The van der Waals surface area contributed by atoms with Crippen LogP contribution in [0.5, 0.6) is 0 Å². The first kappa shape index (κ1) is 13.3. The Morgan fingerprint density at radius 1 is 0.667 bits per heavy atom. The van der Waals surface area contributed by atoms with Gasteiger partial charge < -0.3 is 5.32 Å². The molecule has 0 fully saturated rings. The van der Waals surface area contributed by atoms with Crippen LogP contribution in [0, 0.1) is 11.6 Å². The zero-order valence-corrected chi connectivity index (χ0v) is 11.2. The number of anilines is 2. The van der Waals surface area contributed by atoms with Gasteiger partial charge in [0, 0.05) is 11.8 Å². The minimum absolute atomic E-state index is 0.254. The molecule has 0 atom stereocenters. The molecular weight excluding hydrogens is 268 g/mol. The minimum atomic E-state index is -0.609. The van der Waals surface area contributed by atoms with E-state index < -0.39 is 11.6 Å². The maximum atomic E-state index is 13.6. The Bertz CT molecular complexity index is 737. The number of benzene rings is 3. The molecule has 0 aromatic heterocycles. The van der Waals surface area contributed by atoms with Crippen molar-refractivity contribution in [3.63, 3.8) is 0 Å². The third-order valence-corrected chi connectivity index (χ3v) is 3.20. The highest BCUT2D eigenvalue weighted by molar-refractivity contribution is 5.68. The first-order chi connectivity index (χ1) is 10.2. The summed E-state index contributed by atoms with van der Waals surface area (Å²) in [4.78, 5) is 0. The van der Waals surface area contributed by atoms with Crippen molar-refractivity contribution < 1.29 is 8.78 Å². The van der Waals surface area contributed by atoms with E-state index in [2.05, 4.69) is 5.32 Å². The fourth-order valence-corrected chi connectivity index (χ4v) is 2.12. The molecule has 0 saturated carbocycles. The molecule has 0 unspecified atom stereocenters. The lowest BCUT2D eigenvalue weighted by Gasteiger charge is -2.09. The molecule has 1 nitrogen and oxygen atoms in total. The highest BCUT2D eigenvalue weighted by Gasteiger charge is 2.04. The van der Waals surface area contributed by atoms with Crippen molar-refractivity contribution in [2.75, 3.05) is 5.32 Å². The second-order valence-corrected chi connectivity index (χ2v) is 4.69. The summed E-state index contributed by atoms with van der Waals surface area (Å²) in [5.74, 6) is -1.19. The molecule has 0 spiro atoms. The number of hydrogen-bond acceptors (Lipinski definition) is 1. The molecule has 3 aromatic rings. The molecule has 3 heteroatoms. The van der Waals surface area contributed by atoms with E-state index in [0.29, 0.717) is 0 Å². The topological polar surface area (TPSA) is 12.0 Å². The Hall–Kier alpha value is -2.68. The monoisotopic (exact) mass is 281 g/mol. The fourth-order valence-electron chi connectivity index (χ4n) is 2.12. The molecule has 3 aromatic carbocycles. The van der Waals surface area contributed by atoms with Crippen molar-refractivity contribution in [1.82, 2.24) is 0 Å². The van der Waals surface area contributed by atoms with Gasteiger partial charge in [0.1, 0.15) is 11.6 Å². The van der Waals surface area contributed by atoms with Crippen LogP contribution < -0.4 is 5.32 Å². The quantitative estimate of drug-likeness (QED) is 0.680. The molecule has 3 rings (SSSR count). The van der Waals surface area contributed by atoms with E-state index in [1.807, 2.05) is 54.6 Å². The van der Waals surface area contributed by atoms with Crippen LogP contribution in [0.25, 0.3) is 11.1 Å². The van der Waals surface area contributed by atoms with Crippen molar-refractivity contribution in [1.29, 1.82) is 0 Å². The molecule has 1 N–H and O–H groups in total. The smallest absolute Gasteiger partial charge is 0.149 e. The number of halogens is 2. The van der Waals surface area contributed by atoms with E-state index >= 15 is 0 Å². The summed E-state index contributed by atoms with van der Waals surface area (Å²) in [6.07, 6.45) is 0. The van der Waals surface area contributed by atoms with Crippen molar-refractivity contribution in [2.24, 2.45) is 0 Å². The Kier molecular flexibility index (Phi) is 3.65. The lowest BCUT2D eigenvalue weighted by molar-refractivity contribution is 0.586. The zero-order valence-electron chi connectivity index (χ0n) is 11.2. The van der Waals surface area contributed by atoms with Gasteiger partial charge in [-0.15, -0.1) is 0 Å². The standard InChI is InChI=1S/C18H13F2N/c19-15-8-11-18(17(20)12-15)21-16-9-6-14(7-10-16)13-4-2-1-3-5-13/h1-12,21H. The van der Waals surface area contributed by atoms with Gasteiger partial charge in [0.25, 0.3) is 0 Å². The maximum absolute atomic E-state index is 13.6. The predicted molar refractivity (Wildman–Crippen MR) is 81.5 cm³/mol. The third kappa shape index (κ3) is 3.08. The second kappa shape index (κ2) is 5.75. The molecule has 0 amide bonds. The van der Waals surface area contributed by atoms with Gasteiger partial charge in [-0.05, 0) is 35.4 Å². The van der Waals surface area contributed by atoms with E-state index in [4.69, 9.17) is 0 Å². The van der Waals surface area contributed by atoms with Crippen LogP contribution in [0.15, 0.2) is 72.8 Å². The molecular formula is C18H13F2N. The fraction of sp³-hybridized carbons (Fsp3) is 0. The van der Waals surface area contributed by atoms with Gasteiger partial charge >= 0.3 is 0 Å². The molecule has 0 aliphatic heterocycles. The van der Waals surface area contributed by atoms with Crippen LogP contribution >= 0.6 is 0 Å². The molecule has 0 aliphatic carbocycles. The van der Waals surface area contributed by atoms with Crippen molar-refractivity contribution in [3.05, 3.63) is 84.4 Å². The number of nitrogens with one attached hydrogen (secondary N) is 1.